The van der Waals surface area contributed by atoms with Crippen LogP contribution in [-0.4, -0.2) is 170 Å². The van der Waals surface area contributed by atoms with Crippen molar-refractivity contribution in [3.8, 4) is 0 Å². The monoisotopic (exact) mass is 627 g/mol. The average Bonchev–Trinajstić information content (AvgIpc) is 2.94. The number of aliphatic hydroxyl groups is 8. The fourth-order valence-corrected chi connectivity index (χ4v) is 5.27. The van der Waals surface area contributed by atoms with Crippen molar-refractivity contribution in [2.75, 3.05) is 19.8 Å². The van der Waals surface area contributed by atoms with E-state index in [9.17, 15) is 55.2 Å². The molecule has 43 heavy (non-hydrogen) atoms. The van der Waals surface area contributed by atoms with Crippen molar-refractivity contribution >= 4 is 17.7 Å². The molecule has 3 rings (SSSR count). The summed E-state index contributed by atoms with van der Waals surface area (Å²) in [5.41, 5.74) is 0. The van der Waals surface area contributed by atoms with Gasteiger partial charge in [0.1, 0.15) is 73.1 Å². The van der Waals surface area contributed by atoms with Crippen LogP contribution in [0.5, 0.6) is 0 Å². The Kier molecular flexibility index (Phi) is 12.5. The molecule has 3 amide bonds. The lowest BCUT2D eigenvalue weighted by molar-refractivity contribution is -0.349. The van der Waals surface area contributed by atoms with E-state index >= 15 is 0 Å². The van der Waals surface area contributed by atoms with Crippen molar-refractivity contribution in [2.24, 2.45) is 0 Å². The summed E-state index contributed by atoms with van der Waals surface area (Å²) in [6.45, 7) is 0.996. The van der Waals surface area contributed by atoms with E-state index in [2.05, 4.69) is 16.0 Å². The number of aliphatic hydroxyl groups excluding tert-OH is 8. The van der Waals surface area contributed by atoms with E-state index in [0.717, 1.165) is 20.8 Å². The molecule has 3 saturated heterocycles. The molecule has 0 unspecified atom stereocenters. The highest BCUT2D eigenvalue weighted by Crippen LogP contribution is 2.32. The van der Waals surface area contributed by atoms with Crippen LogP contribution in [-0.2, 0) is 38.1 Å². The van der Waals surface area contributed by atoms with E-state index in [-0.39, 0.29) is 0 Å². The van der Waals surface area contributed by atoms with E-state index in [0.29, 0.717) is 0 Å². The second kappa shape index (κ2) is 15.3. The zero-order valence-corrected chi connectivity index (χ0v) is 23.6. The molecule has 15 atom stereocenters. The molecular weight excluding hydrogens is 586 g/mol. The Labute approximate surface area is 245 Å². The minimum absolute atomic E-state index is 0.643. The third-order valence-corrected chi connectivity index (χ3v) is 7.30. The molecule has 3 aliphatic rings. The van der Waals surface area contributed by atoms with E-state index < -0.39 is 129 Å². The lowest BCUT2D eigenvalue weighted by atomic mass is 9.93. The summed E-state index contributed by atoms with van der Waals surface area (Å²) >= 11 is 0. The number of ether oxygens (including phenoxy) is 5. The predicted octanol–water partition coefficient (Wildman–Crippen LogP) is -7.14. The molecule has 19 heteroatoms. The van der Waals surface area contributed by atoms with Crippen LogP contribution in [0.1, 0.15) is 20.8 Å². The molecule has 3 heterocycles. The summed E-state index contributed by atoms with van der Waals surface area (Å²) in [5.74, 6) is -1.98. The Morgan fingerprint density at radius 3 is 1.47 bits per heavy atom. The highest BCUT2D eigenvalue weighted by atomic mass is 16.7. The van der Waals surface area contributed by atoms with Gasteiger partial charge in [-0.3, -0.25) is 14.4 Å². The van der Waals surface area contributed by atoms with Gasteiger partial charge in [0.2, 0.25) is 17.7 Å². The van der Waals surface area contributed by atoms with Gasteiger partial charge >= 0.3 is 0 Å². The van der Waals surface area contributed by atoms with Crippen molar-refractivity contribution in [2.45, 2.75) is 113 Å². The quantitative estimate of drug-likeness (QED) is 0.107. The average molecular weight is 628 g/mol. The van der Waals surface area contributed by atoms with Crippen molar-refractivity contribution in [1.82, 2.24) is 16.0 Å². The highest BCUT2D eigenvalue weighted by molar-refractivity contribution is 5.74. The van der Waals surface area contributed by atoms with Gasteiger partial charge in [0.25, 0.3) is 0 Å². The van der Waals surface area contributed by atoms with E-state index in [4.69, 9.17) is 23.7 Å². The van der Waals surface area contributed by atoms with Gasteiger partial charge in [-0.2, -0.15) is 0 Å². The van der Waals surface area contributed by atoms with Gasteiger partial charge in [0, 0.05) is 20.8 Å². The predicted molar refractivity (Wildman–Crippen MR) is 136 cm³/mol. The zero-order chi connectivity index (χ0) is 32.2. The standard InChI is InChI=1S/C24H41N3O16/c1-7(31)25-13-18(36)16(34)10(4-28)40-23(13)42-20-12(6-30)41-24(14(19(20)37)26-8(2)32)43-21-15(27-9(3)33)22(38)39-11(5-29)17(21)35/h10-24,28-30,34-38H,4-6H2,1-3H3,(H,25,31)(H,26,32)(H,27,33)/t10-,11-,12-,13-,14-,15-,16-,17+,18-,19-,20+,21-,22-,23-,24-/m1/s1. The molecule has 0 aromatic heterocycles. The minimum Gasteiger partial charge on any atom is -0.394 e. The Balaban J connectivity index is 1.92. The van der Waals surface area contributed by atoms with E-state index in [1.807, 2.05) is 0 Å². The lowest BCUT2D eigenvalue weighted by Crippen LogP contribution is -2.71. The summed E-state index contributed by atoms with van der Waals surface area (Å²) in [6, 6.07) is -4.33. The van der Waals surface area contributed by atoms with Crippen molar-refractivity contribution in [3.63, 3.8) is 0 Å². The van der Waals surface area contributed by atoms with Crippen LogP contribution >= 0.6 is 0 Å². The Morgan fingerprint density at radius 1 is 0.558 bits per heavy atom. The molecule has 0 aromatic carbocycles. The smallest absolute Gasteiger partial charge is 0.217 e. The Morgan fingerprint density at radius 2 is 0.977 bits per heavy atom. The summed E-state index contributed by atoms with van der Waals surface area (Å²) in [5, 5.41) is 90.0. The number of carbonyl (C=O) groups is 3. The van der Waals surface area contributed by atoms with Gasteiger partial charge in [0.05, 0.1) is 19.8 Å². The molecule has 0 radical (unpaired) electrons. The van der Waals surface area contributed by atoms with Crippen molar-refractivity contribution in [1.29, 1.82) is 0 Å². The first-order valence-electron chi connectivity index (χ1n) is 13.5. The molecular formula is C24H41N3O16. The van der Waals surface area contributed by atoms with Gasteiger partial charge in [0.15, 0.2) is 18.9 Å². The van der Waals surface area contributed by atoms with Crippen LogP contribution in [0, 0.1) is 0 Å². The first-order chi connectivity index (χ1) is 20.2. The number of carbonyl (C=O) groups excluding carboxylic acids is 3. The molecule has 19 nitrogen and oxygen atoms in total. The third-order valence-electron chi connectivity index (χ3n) is 7.30. The first kappa shape index (κ1) is 35.4. The summed E-state index contributed by atoms with van der Waals surface area (Å²) in [7, 11) is 0. The molecule has 3 fully saturated rings. The fraction of sp³-hybridized carbons (Fsp3) is 0.875. The van der Waals surface area contributed by atoms with Gasteiger partial charge in [-0.05, 0) is 0 Å². The van der Waals surface area contributed by atoms with E-state index in [1.54, 1.807) is 0 Å². The summed E-state index contributed by atoms with van der Waals surface area (Å²) in [4.78, 5) is 35.7. The van der Waals surface area contributed by atoms with Crippen molar-refractivity contribution in [3.05, 3.63) is 0 Å². The Hall–Kier alpha value is -2.11. The topological polar surface area (TPSA) is 295 Å². The van der Waals surface area contributed by atoms with Gasteiger partial charge in [-0.15, -0.1) is 0 Å². The van der Waals surface area contributed by atoms with E-state index in [1.165, 1.54) is 0 Å². The SMILES string of the molecule is CC(=O)N[C@@H]1[C@@H](O[C@H]2O[C@H](CO)[C@H](O[C@H]3O[C@H](CO)[C@@H](O)[C@H](O)[C@H]3NC(C)=O)[C@H](O)[C@H]2NC(C)=O)[C@@H](O)[C@@H](CO)O[C@H]1O. The molecule has 0 spiro atoms. The summed E-state index contributed by atoms with van der Waals surface area (Å²) < 4.78 is 28.2. The maximum atomic E-state index is 12.1. The maximum Gasteiger partial charge on any atom is 0.217 e. The van der Waals surface area contributed by atoms with Crippen LogP contribution in [0.15, 0.2) is 0 Å². The molecule has 0 aliphatic carbocycles. The van der Waals surface area contributed by atoms with Crippen LogP contribution < -0.4 is 16.0 Å². The largest absolute Gasteiger partial charge is 0.394 e. The van der Waals surface area contributed by atoms with Crippen LogP contribution in [0.3, 0.4) is 0 Å². The molecule has 11 N–H and O–H groups in total. The molecule has 0 saturated carbocycles. The molecule has 3 aliphatic heterocycles. The molecule has 0 aromatic rings. The Bertz CT molecular complexity index is 962. The van der Waals surface area contributed by atoms with Crippen LogP contribution in [0.4, 0.5) is 0 Å². The van der Waals surface area contributed by atoms with Crippen LogP contribution in [0.2, 0.25) is 0 Å². The lowest BCUT2D eigenvalue weighted by Gasteiger charge is -2.50. The van der Waals surface area contributed by atoms with Gasteiger partial charge in [-0.25, -0.2) is 0 Å². The third kappa shape index (κ3) is 8.14. The highest BCUT2D eigenvalue weighted by Gasteiger charge is 2.54. The zero-order valence-electron chi connectivity index (χ0n) is 23.6. The maximum absolute atomic E-state index is 12.1. The van der Waals surface area contributed by atoms with Crippen molar-refractivity contribution < 1.29 is 78.9 Å². The summed E-state index contributed by atoms with van der Waals surface area (Å²) in [6.07, 6.45) is -19.1. The first-order valence-corrected chi connectivity index (χ1v) is 13.5. The van der Waals surface area contributed by atoms with Gasteiger partial charge in [-0.1, -0.05) is 0 Å². The number of hydrogen-bond donors (Lipinski definition) is 11. The fourth-order valence-electron chi connectivity index (χ4n) is 5.27. The van der Waals surface area contributed by atoms with Crippen LogP contribution in [0.25, 0.3) is 0 Å². The number of nitrogens with one attached hydrogen (secondary N) is 3. The normalized spacial score (nSPS) is 43.5. The molecule has 0 bridgehead atoms. The molecule has 248 valence electrons. The second-order valence-electron chi connectivity index (χ2n) is 10.5. The second-order valence-corrected chi connectivity index (χ2v) is 10.5. The number of hydrogen-bond acceptors (Lipinski definition) is 16. The number of rotatable bonds is 10. The van der Waals surface area contributed by atoms with Gasteiger partial charge < -0.3 is 80.5 Å². The minimum atomic E-state index is -1.78. The number of amides is 3.